The number of rotatable bonds is 7. The van der Waals surface area contributed by atoms with Crippen molar-refractivity contribution in [1.82, 2.24) is 19.5 Å². The zero-order valence-electron chi connectivity index (χ0n) is 17.3. The van der Waals surface area contributed by atoms with Crippen molar-refractivity contribution in [2.45, 2.75) is 59.4 Å². The molecule has 0 radical (unpaired) electrons. The summed E-state index contributed by atoms with van der Waals surface area (Å²) in [6.07, 6.45) is 5.77. The number of ether oxygens (including phenoxy) is 1. The number of hydrogen-bond donors (Lipinski definition) is 0. The predicted octanol–water partition coefficient (Wildman–Crippen LogP) is 4.62. The Kier molecular flexibility index (Phi) is 6.07. The Bertz CT molecular complexity index is 1040. The third-order valence-corrected chi connectivity index (χ3v) is 5.23. The monoisotopic (exact) mass is 380 g/mol. The highest BCUT2D eigenvalue weighted by atomic mass is 16.5. The van der Waals surface area contributed by atoms with Gasteiger partial charge in [-0.3, -0.25) is 9.36 Å². The van der Waals surface area contributed by atoms with Gasteiger partial charge in [0, 0.05) is 35.1 Å². The Hall–Kier alpha value is -2.76. The highest BCUT2D eigenvalue weighted by Crippen LogP contribution is 2.30. The minimum atomic E-state index is -0.0512. The van der Waals surface area contributed by atoms with Crippen LogP contribution in [-0.4, -0.2) is 26.6 Å². The molecule has 0 saturated carbocycles. The lowest BCUT2D eigenvalue weighted by Crippen LogP contribution is -2.28. The number of methoxy groups -OCH3 is 1. The molecule has 0 amide bonds. The third-order valence-electron chi connectivity index (χ3n) is 5.23. The molecular weight excluding hydrogens is 352 g/mol. The van der Waals surface area contributed by atoms with Crippen LogP contribution < -0.4 is 10.3 Å². The van der Waals surface area contributed by atoms with Crippen LogP contribution >= 0.6 is 0 Å². The summed E-state index contributed by atoms with van der Waals surface area (Å²) in [4.78, 5) is 26.7. The summed E-state index contributed by atoms with van der Waals surface area (Å²) in [6, 6.07) is 5.88. The smallest absolute Gasteiger partial charge is 0.273 e. The second-order valence-corrected chi connectivity index (χ2v) is 7.09. The first-order valence-electron chi connectivity index (χ1n) is 9.91. The number of unbranched alkanes of at least 4 members (excludes halogenated alkanes) is 1. The fourth-order valence-corrected chi connectivity index (χ4v) is 3.66. The molecule has 3 aromatic heterocycles. The molecule has 0 aliphatic heterocycles. The van der Waals surface area contributed by atoms with Crippen LogP contribution in [0.1, 0.15) is 57.0 Å². The number of aromatic nitrogens is 4. The van der Waals surface area contributed by atoms with E-state index in [0.717, 1.165) is 48.0 Å². The van der Waals surface area contributed by atoms with Crippen molar-refractivity contribution in [3.05, 3.63) is 46.1 Å². The minimum Gasteiger partial charge on any atom is -0.481 e. The predicted molar refractivity (Wildman–Crippen MR) is 112 cm³/mol. The molecule has 3 aromatic rings. The quantitative estimate of drug-likeness (QED) is 0.598. The van der Waals surface area contributed by atoms with Gasteiger partial charge in [-0.1, -0.05) is 26.7 Å². The Balaban J connectivity index is 2.27. The average Bonchev–Trinajstić information content (AvgIpc) is 2.70. The Morgan fingerprint density at radius 3 is 2.50 bits per heavy atom. The van der Waals surface area contributed by atoms with Gasteiger partial charge in [0.1, 0.15) is 11.2 Å². The van der Waals surface area contributed by atoms with E-state index in [1.165, 1.54) is 0 Å². The van der Waals surface area contributed by atoms with Crippen molar-refractivity contribution in [2.24, 2.45) is 0 Å². The average molecular weight is 380 g/mol. The van der Waals surface area contributed by atoms with E-state index in [0.29, 0.717) is 17.2 Å². The Morgan fingerprint density at radius 2 is 1.86 bits per heavy atom. The van der Waals surface area contributed by atoms with Crippen LogP contribution in [0.15, 0.2) is 29.2 Å². The summed E-state index contributed by atoms with van der Waals surface area (Å²) in [7, 11) is 1.61. The first-order valence-corrected chi connectivity index (χ1v) is 9.91. The van der Waals surface area contributed by atoms with E-state index >= 15 is 0 Å². The molecule has 0 aliphatic rings. The van der Waals surface area contributed by atoms with Crippen molar-refractivity contribution in [3.8, 4) is 17.0 Å². The van der Waals surface area contributed by atoms with Crippen LogP contribution in [0.3, 0.4) is 0 Å². The number of fused-ring (bicyclic) bond motifs is 1. The molecular formula is C22H28N4O2. The molecule has 6 heteroatoms. The van der Waals surface area contributed by atoms with Crippen LogP contribution in [0.5, 0.6) is 5.88 Å². The number of nitrogens with zero attached hydrogens (tertiary/aromatic N) is 4. The fourth-order valence-electron chi connectivity index (χ4n) is 3.66. The molecule has 0 fully saturated rings. The zero-order chi connectivity index (χ0) is 20.3. The summed E-state index contributed by atoms with van der Waals surface area (Å²) in [6.45, 7) is 8.01. The Morgan fingerprint density at radius 1 is 1.07 bits per heavy atom. The molecule has 0 aromatic carbocycles. The summed E-state index contributed by atoms with van der Waals surface area (Å²) in [5, 5.41) is 0. The molecule has 1 unspecified atom stereocenters. The van der Waals surface area contributed by atoms with Gasteiger partial charge in [0.05, 0.1) is 7.11 Å². The largest absolute Gasteiger partial charge is 0.481 e. The normalized spacial score (nSPS) is 12.3. The van der Waals surface area contributed by atoms with Gasteiger partial charge < -0.3 is 4.74 Å². The van der Waals surface area contributed by atoms with Gasteiger partial charge in [-0.15, -0.1) is 0 Å². The number of hydrogen-bond acceptors (Lipinski definition) is 5. The lowest BCUT2D eigenvalue weighted by atomic mass is 10.0. The molecule has 3 heterocycles. The van der Waals surface area contributed by atoms with Crippen LogP contribution in [0.4, 0.5) is 0 Å². The maximum Gasteiger partial charge on any atom is 0.273 e. The first-order chi connectivity index (χ1) is 13.5. The van der Waals surface area contributed by atoms with Gasteiger partial charge in [-0.2, -0.15) is 0 Å². The molecule has 28 heavy (non-hydrogen) atoms. The van der Waals surface area contributed by atoms with Gasteiger partial charge in [0.25, 0.3) is 5.56 Å². The van der Waals surface area contributed by atoms with Crippen molar-refractivity contribution in [2.75, 3.05) is 7.11 Å². The number of pyridine rings is 2. The topological polar surface area (TPSA) is 69.9 Å². The van der Waals surface area contributed by atoms with Crippen molar-refractivity contribution >= 4 is 11.2 Å². The molecule has 0 bridgehead atoms. The maximum atomic E-state index is 13.0. The molecule has 0 N–H and O–H groups in total. The number of aryl methyl sites for hydroxylation is 2. The van der Waals surface area contributed by atoms with E-state index in [-0.39, 0.29) is 11.6 Å². The second kappa shape index (κ2) is 8.50. The van der Waals surface area contributed by atoms with Crippen LogP contribution in [-0.2, 0) is 0 Å². The van der Waals surface area contributed by atoms with E-state index in [1.807, 2.05) is 29.7 Å². The lowest BCUT2D eigenvalue weighted by molar-refractivity contribution is 0.397. The second-order valence-electron chi connectivity index (χ2n) is 7.09. The van der Waals surface area contributed by atoms with E-state index in [1.54, 1.807) is 20.2 Å². The minimum absolute atomic E-state index is 0.0512. The lowest BCUT2D eigenvalue weighted by Gasteiger charge is -2.21. The summed E-state index contributed by atoms with van der Waals surface area (Å²) < 4.78 is 7.08. The van der Waals surface area contributed by atoms with Crippen LogP contribution in [0.2, 0.25) is 0 Å². The first kappa shape index (κ1) is 20.0. The molecule has 0 saturated heterocycles. The zero-order valence-corrected chi connectivity index (χ0v) is 17.3. The van der Waals surface area contributed by atoms with Gasteiger partial charge in [0.2, 0.25) is 5.88 Å². The van der Waals surface area contributed by atoms with Gasteiger partial charge >= 0.3 is 0 Å². The maximum absolute atomic E-state index is 13.0. The van der Waals surface area contributed by atoms with E-state index in [2.05, 4.69) is 28.8 Å². The molecule has 0 aliphatic carbocycles. The Labute approximate surface area is 165 Å². The standard InChI is InChI=1S/C22H28N4O2/c1-6-8-9-16(7-2)26-21-20(25-15(4)22(26)27)18(12-13-23-21)17-10-11-19(28-5)24-14(17)3/h10-13,16H,6-9H2,1-5H3. The highest BCUT2D eigenvalue weighted by molar-refractivity contribution is 5.90. The van der Waals surface area contributed by atoms with Crippen molar-refractivity contribution in [1.29, 1.82) is 0 Å². The van der Waals surface area contributed by atoms with E-state index in [4.69, 9.17) is 4.74 Å². The van der Waals surface area contributed by atoms with E-state index < -0.39 is 0 Å². The molecule has 0 spiro atoms. The molecule has 1 atom stereocenters. The summed E-state index contributed by atoms with van der Waals surface area (Å²) in [5.41, 5.74) is 4.57. The summed E-state index contributed by atoms with van der Waals surface area (Å²) in [5.74, 6) is 0.575. The molecule has 148 valence electrons. The SMILES string of the molecule is CCCCC(CC)n1c(=O)c(C)nc2c(-c3ccc(OC)nc3C)ccnc21. The van der Waals surface area contributed by atoms with Gasteiger partial charge in [-0.25, -0.2) is 15.0 Å². The van der Waals surface area contributed by atoms with E-state index in [9.17, 15) is 4.79 Å². The van der Waals surface area contributed by atoms with Gasteiger partial charge in [0.15, 0.2) is 5.65 Å². The van der Waals surface area contributed by atoms with Crippen molar-refractivity contribution in [3.63, 3.8) is 0 Å². The van der Waals surface area contributed by atoms with Crippen LogP contribution in [0, 0.1) is 13.8 Å². The highest BCUT2D eigenvalue weighted by Gasteiger charge is 2.19. The van der Waals surface area contributed by atoms with Crippen LogP contribution in [0.25, 0.3) is 22.3 Å². The fraction of sp³-hybridized carbons (Fsp3) is 0.455. The summed E-state index contributed by atoms with van der Waals surface area (Å²) >= 11 is 0. The molecule has 3 rings (SSSR count). The van der Waals surface area contributed by atoms with Crippen molar-refractivity contribution < 1.29 is 4.74 Å². The van der Waals surface area contributed by atoms with Gasteiger partial charge in [-0.05, 0) is 38.8 Å². The molecule has 6 nitrogen and oxygen atoms in total. The third kappa shape index (κ3) is 3.63.